The molecule has 0 saturated carbocycles. The minimum Gasteiger partial charge on any atom is -0.303 e. The number of nitrogens with zero attached hydrogens (tertiary/aromatic N) is 1. The van der Waals surface area contributed by atoms with Crippen LogP contribution in [0, 0.1) is 23.7 Å². The molecule has 0 amide bonds. The summed E-state index contributed by atoms with van der Waals surface area (Å²) in [5, 5.41) is 0. The first-order valence-electron chi connectivity index (χ1n) is 6.62. The lowest BCUT2D eigenvalue weighted by Gasteiger charge is -2.44. The summed E-state index contributed by atoms with van der Waals surface area (Å²) in [6, 6.07) is 0.819. The smallest absolute Gasteiger partial charge is 0.0120 e. The van der Waals surface area contributed by atoms with Gasteiger partial charge in [-0.2, -0.15) is 0 Å². The summed E-state index contributed by atoms with van der Waals surface area (Å²) in [6.07, 6.45) is 2.79. The number of piperidine rings is 1. The van der Waals surface area contributed by atoms with Gasteiger partial charge in [0, 0.05) is 12.6 Å². The van der Waals surface area contributed by atoms with E-state index in [1.165, 1.54) is 19.4 Å². The van der Waals surface area contributed by atoms with E-state index < -0.39 is 0 Å². The number of hydrogen-bond acceptors (Lipinski definition) is 1. The molecule has 0 aliphatic carbocycles. The summed E-state index contributed by atoms with van der Waals surface area (Å²) in [7, 11) is 2.32. The zero-order chi connectivity index (χ0) is 11.6. The summed E-state index contributed by atoms with van der Waals surface area (Å²) >= 11 is 0. The molecule has 3 unspecified atom stereocenters. The van der Waals surface area contributed by atoms with Crippen molar-refractivity contribution >= 4 is 0 Å². The van der Waals surface area contributed by atoms with Crippen molar-refractivity contribution in [3.8, 4) is 0 Å². The molecule has 0 bridgehead atoms. The molecule has 0 aromatic heterocycles. The molecule has 1 nitrogen and oxygen atoms in total. The van der Waals surface area contributed by atoms with E-state index in [-0.39, 0.29) is 0 Å². The second-order valence-electron chi connectivity index (χ2n) is 6.35. The quantitative estimate of drug-likeness (QED) is 0.689. The van der Waals surface area contributed by atoms with Crippen molar-refractivity contribution in [2.75, 3.05) is 13.6 Å². The zero-order valence-electron chi connectivity index (χ0n) is 11.5. The molecule has 1 heterocycles. The van der Waals surface area contributed by atoms with Crippen LogP contribution < -0.4 is 0 Å². The van der Waals surface area contributed by atoms with E-state index in [1.807, 2.05) is 0 Å². The first-order chi connectivity index (χ1) is 6.91. The fraction of sp³-hybridized carbons (Fsp3) is 1.00. The number of rotatable bonds is 3. The summed E-state index contributed by atoms with van der Waals surface area (Å²) in [5.74, 6) is 3.46. The number of hydrogen-bond donors (Lipinski definition) is 0. The van der Waals surface area contributed by atoms with E-state index in [0.717, 1.165) is 29.7 Å². The summed E-state index contributed by atoms with van der Waals surface area (Å²) in [6.45, 7) is 13.2. The van der Waals surface area contributed by atoms with Crippen molar-refractivity contribution in [2.45, 2.75) is 53.5 Å². The van der Waals surface area contributed by atoms with Crippen LogP contribution in [-0.2, 0) is 0 Å². The fourth-order valence-electron chi connectivity index (χ4n) is 3.03. The van der Waals surface area contributed by atoms with Gasteiger partial charge in [0.15, 0.2) is 0 Å². The highest BCUT2D eigenvalue weighted by Crippen LogP contribution is 2.33. The minimum absolute atomic E-state index is 0.819. The Balaban J connectivity index is 2.56. The van der Waals surface area contributed by atoms with Gasteiger partial charge in [-0.3, -0.25) is 0 Å². The van der Waals surface area contributed by atoms with Crippen LogP contribution in [0.25, 0.3) is 0 Å². The van der Waals surface area contributed by atoms with Crippen LogP contribution >= 0.6 is 0 Å². The van der Waals surface area contributed by atoms with Crippen molar-refractivity contribution in [3.05, 3.63) is 0 Å². The molecule has 90 valence electrons. The van der Waals surface area contributed by atoms with Gasteiger partial charge in [0.1, 0.15) is 0 Å². The van der Waals surface area contributed by atoms with E-state index in [9.17, 15) is 0 Å². The molecule has 15 heavy (non-hydrogen) atoms. The standard InChI is InChI=1S/C14H29N/c1-10(2)7-14-12(5)8-13(11(3)4)9-15(14)6/h10-14H,7-9H2,1-6H3. The summed E-state index contributed by atoms with van der Waals surface area (Å²) < 4.78 is 0. The van der Waals surface area contributed by atoms with E-state index in [2.05, 4.69) is 46.6 Å². The molecule has 0 spiro atoms. The monoisotopic (exact) mass is 211 g/mol. The van der Waals surface area contributed by atoms with Gasteiger partial charge < -0.3 is 4.90 Å². The van der Waals surface area contributed by atoms with Gasteiger partial charge in [0.05, 0.1) is 0 Å². The predicted octanol–water partition coefficient (Wildman–Crippen LogP) is 3.64. The largest absolute Gasteiger partial charge is 0.303 e. The highest BCUT2D eigenvalue weighted by atomic mass is 15.1. The van der Waals surface area contributed by atoms with Gasteiger partial charge >= 0.3 is 0 Å². The third-order valence-corrected chi connectivity index (χ3v) is 4.08. The maximum absolute atomic E-state index is 2.61. The molecule has 1 saturated heterocycles. The Morgan fingerprint density at radius 2 is 1.80 bits per heavy atom. The van der Waals surface area contributed by atoms with E-state index in [4.69, 9.17) is 0 Å². The van der Waals surface area contributed by atoms with Crippen molar-refractivity contribution in [3.63, 3.8) is 0 Å². The molecule has 0 aromatic carbocycles. The lowest BCUT2D eigenvalue weighted by atomic mass is 9.77. The summed E-state index contributed by atoms with van der Waals surface area (Å²) in [4.78, 5) is 2.61. The molecular formula is C14H29N. The molecule has 0 radical (unpaired) electrons. The number of likely N-dealkylation sites (tertiary alicyclic amines) is 1. The van der Waals surface area contributed by atoms with Crippen LogP contribution in [0.5, 0.6) is 0 Å². The van der Waals surface area contributed by atoms with Gasteiger partial charge in [-0.25, -0.2) is 0 Å². The van der Waals surface area contributed by atoms with Crippen molar-refractivity contribution in [2.24, 2.45) is 23.7 Å². The first kappa shape index (κ1) is 13.0. The summed E-state index contributed by atoms with van der Waals surface area (Å²) in [5.41, 5.74) is 0. The lowest BCUT2D eigenvalue weighted by molar-refractivity contribution is 0.0554. The van der Waals surface area contributed by atoms with Crippen molar-refractivity contribution in [1.29, 1.82) is 0 Å². The van der Waals surface area contributed by atoms with Gasteiger partial charge in [0.2, 0.25) is 0 Å². The molecule has 1 aliphatic heterocycles. The highest BCUT2D eigenvalue weighted by molar-refractivity contribution is 4.86. The minimum atomic E-state index is 0.819. The first-order valence-corrected chi connectivity index (χ1v) is 6.62. The van der Waals surface area contributed by atoms with Crippen molar-refractivity contribution < 1.29 is 0 Å². The van der Waals surface area contributed by atoms with Crippen LogP contribution in [0.15, 0.2) is 0 Å². The Hall–Kier alpha value is -0.0400. The molecule has 1 rings (SSSR count). The molecular weight excluding hydrogens is 182 g/mol. The molecule has 1 aliphatic rings. The Morgan fingerprint density at radius 3 is 2.20 bits per heavy atom. The average Bonchev–Trinajstić information content (AvgIpc) is 2.10. The highest BCUT2D eigenvalue weighted by Gasteiger charge is 2.32. The maximum atomic E-state index is 2.61. The van der Waals surface area contributed by atoms with E-state index in [0.29, 0.717) is 0 Å². The molecule has 1 heteroatoms. The van der Waals surface area contributed by atoms with Gasteiger partial charge in [-0.1, -0.05) is 34.6 Å². The SMILES string of the molecule is CC(C)CC1C(C)CC(C(C)C)CN1C. The lowest BCUT2D eigenvalue weighted by Crippen LogP contribution is -2.47. The Bertz CT molecular complexity index is 174. The average molecular weight is 211 g/mol. The molecule has 1 fully saturated rings. The topological polar surface area (TPSA) is 3.24 Å². The van der Waals surface area contributed by atoms with Crippen LogP contribution in [0.1, 0.15) is 47.5 Å². The van der Waals surface area contributed by atoms with E-state index in [1.54, 1.807) is 0 Å². The third kappa shape index (κ3) is 3.48. The third-order valence-electron chi connectivity index (χ3n) is 4.08. The van der Waals surface area contributed by atoms with Gasteiger partial charge in [0.25, 0.3) is 0 Å². The van der Waals surface area contributed by atoms with Crippen LogP contribution in [-0.4, -0.2) is 24.5 Å². The second kappa shape index (κ2) is 5.34. The van der Waals surface area contributed by atoms with Crippen LogP contribution in [0.4, 0.5) is 0 Å². The van der Waals surface area contributed by atoms with Gasteiger partial charge in [-0.15, -0.1) is 0 Å². The molecule has 0 aromatic rings. The fourth-order valence-corrected chi connectivity index (χ4v) is 3.03. The van der Waals surface area contributed by atoms with Crippen molar-refractivity contribution in [1.82, 2.24) is 4.90 Å². The van der Waals surface area contributed by atoms with Gasteiger partial charge in [-0.05, 0) is 43.6 Å². The molecule has 3 atom stereocenters. The van der Waals surface area contributed by atoms with E-state index >= 15 is 0 Å². The predicted molar refractivity (Wildman–Crippen MR) is 68.0 cm³/mol. The Morgan fingerprint density at radius 1 is 1.20 bits per heavy atom. The van der Waals surface area contributed by atoms with Crippen LogP contribution in [0.3, 0.4) is 0 Å². The Kier molecular flexibility index (Phi) is 4.64. The maximum Gasteiger partial charge on any atom is 0.0120 e. The Labute approximate surface area is 96.2 Å². The second-order valence-corrected chi connectivity index (χ2v) is 6.35. The zero-order valence-corrected chi connectivity index (χ0v) is 11.5. The molecule has 0 N–H and O–H groups in total. The van der Waals surface area contributed by atoms with Crippen LogP contribution in [0.2, 0.25) is 0 Å². The normalized spacial score (nSPS) is 34.0.